The fourth-order valence-electron chi connectivity index (χ4n) is 3.15. The summed E-state index contributed by atoms with van der Waals surface area (Å²) in [5.74, 6) is -0.243. The number of likely N-dealkylation sites (N-methyl/N-ethyl adjacent to an activating group) is 1. The van der Waals surface area contributed by atoms with Gasteiger partial charge < -0.3 is 4.90 Å². The third-order valence-electron chi connectivity index (χ3n) is 4.50. The van der Waals surface area contributed by atoms with Gasteiger partial charge >= 0.3 is 0 Å². The predicted molar refractivity (Wildman–Crippen MR) is 86.0 cm³/mol. The molecule has 2 fully saturated rings. The molecule has 118 valence electrons. The fraction of sp³-hybridized carbons (Fsp3) is 0.500. The summed E-state index contributed by atoms with van der Waals surface area (Å²) in [4.78, 5) is 30.7. The number of anilines is 1. The van der Waals surface area contributed by atoms with Crippen molar-refractivity contribution < 1.29 is 9.59 Å². The number of nitrogens with zero attached hydrogens (tertiary/aromatic N) is 3. The third-order valence-corrected chi connectivity index (χ3v) is 4.75. The SMILES string of the molecule is CCN1CCN([C@H]2CC(=O)N(c3ccc(Cl)cc3)C2=O)CC1. The Bertz CT molecular complexity index is 567. The molecular weight excluding hydrogens is 302 g/mol. The van der Waals surface area contributed by atoms with Gasteiger partial charge in [0.15, 0.2) is 0 Å². The average molecular weight is 322 g/mol. The highest BCUT2D eigenvalue weighted by molar-refractivity contribution is 6.30. The number of hydrogen-bond acceptors (Lipinski definition) is 4. The molecule has 0 N–H and O–H groups in total. The summed E-state index contributed by atoms with van der Waals surface area (Å²) in [6.07, 6.45) is 0.271. The van der Waals surface area contributed by atoms with Crippen LogP contribution in [0.5, 0.6) is 0 Å². The minimum Gasteiger partial charge on any atom is -0.301 e. The molecule has 0 aromatic heterocycles. The number of carbonyl (C=O) groups is 2. The number of piperazine rings is 1. The van der Waals surface area contributed by atoms with Gasteiger partial charge in [-0.3, -0.25) is 14.5 Å². The van der Waals surface area contributed by atoms with Gasteiger partial charge in [0.1, 0.15) is 0 Å². The summed E-state index contributed by atoms with van der Waals surface area (Å²) in [5, 5.41) is 0.593. The lowest BCUT2D eigenvalue weighted by Crippen LogP contribution is -2.52. The van der Waals surface area contributed by atoms with E-state index in [0.29, 0.717) is 10.7 Å². The summed E-state index contributed by atoms with van der Waals surface area (Å²) in [5.41, 5.74) is 0.606. The van der Waals surface area contributed by atoms with Gasteiger partial charge in [0.25, 0.3) is 5.91 Å². The van der Waals surface area contributed by atoms with Gasteiger partial charge in [-0.05, 0) is 30.8 Å². The Morgan fingerprint density at radius 1 is 1.09 bits per heavy atom. The number of imide groups is 1. The molecule has 6 heteroatoms. The summed E-state index contributed by atoms with van der Waals surface area (Å²) in [7, 11) is 0. The van der Waals surface area contributed by atoms with Crippen LogP contribution in [0.4, 0.5) is 5.69 Å². The quantitative estimate of drug-likeness (QED) is 0.793. The molecule has 0 bridgehead atoms. The van der Waals surface area contributed by atoms with E-state index in [1.54, 1.807) is 24.3 Å². The maximum absolute atomic E-state index is 12.7. The van der Waals surface area contributed by atoms with Gasteiger partial charge in [-0.1, -0.05) is 18.5 Å². The van der Waals surface area contributed by atoms with Crippen molar-refractivity contribution in [2.75, 3.05) is 37.6 Å². The molecule has 2 saturated heterocycles. The first-order valence-corrected chi connectivity index (χ1v) is 8.06. The van der Waals surface area contributed by atoms with Crippen LogP contribution in [0.3, 0.4) is 0 Å². The van der Waals surface area contributed by atoms with E-state index in [1.165, 1.54) is 4.90 Å². The van der Waals surface area contributed by atoms with E-state index < -0.39 is 0 Å². The maximum Gasteiger partial charge on any atom is 0.251 e. The minimum atomic E-state index is -0.317. The Hall–Kier alpha value is -1.43. The maximum atomic E-state index is 12.7. The van der Waals surface area contributed by atoms with Gasteiger partial charge in [-0.2, -0.15) is 0 Å². The molecule has 1 aromatic rings. The minimum absolute atomic E-state index is 0.114. The molecular formula is C16H20ClN3O2. The van der Waals surface area contributed by atoms with Crippen LogP contribution in [0, 0.1) is 0 Å². The van der Waals surface area contributed by atoms with Gasteiger partial charge in [0.2, 0.25) is 5.91 Å². The standard InChI is InChI=1S/C16H20ClN3O2/c1-2-18-7-9-19(10-8-18)14-11-15(21)20(16(14)22)13-5-3-12(17)4-6-13/h3-6,14H,2,7-11H2,1H3/t14-/m0/s1. The molecule has 1 atom stereocenters. The highest BCUT2D eigenvalue weighted by atomic mass is 35.5. The number of halogens is 1. The van der Waals surface area contributed by atoms with Crippen LogP contribution in [0.2, 0.25) is 5.02 Å². The highest BCUT2D eigenvalue weighted by Gasteiger charge is 2.43. The molecule has 0 aliphatic carbocycles. The van der Waals surface area contributed by atoms with Crippen LogP contribution in [0.25, 0.3) is 0 Å². The zero-order valence-corrected chi connectivity index (χ0v) is 13.4. The Balaban J connectivity index is 1.73. The zero-order valence-electron chi connectivity index (χ0n) is 12.7. The van der Waals surface area contributed by atoms with Crippen molar-refractivity contribution in [3.8, 4) is 0 Å². The Morgan fingerprint density at radius 3 is 2.32 bits per heavy atom. The molecule has 2 amide bonds. The van der Waals surface area contributed by atoms with Crippen LogP contribution in [-0.2, 0) is 9.59 Å². The molecule has 5 nitrogen and oxygen atoms in total. The first-order valence-electron chi connectivity index (χ1n) is 7.69. The number of amides is 2. The number of rotatable bonds is 3. The lowest BCUT2D eigenvalue weighted by atomic mass is 10.1. The Kier molecular flexibility index (Phi) is 4.47. The van der Waals surface area contributed by atoms with Crippen LogP contribution in [0.15, 0.2) is 24.3 Å². The van der Waals surface area contributed by atoms with Crippen LogP contribution in [0.1, 0.15) is 13.3 Å². The predicted octanol–water partition coefficient (Wildman–Crippen LogP) is 1.61. The second-order valence-corrected chi connectivity index (χ2v) is 6.17. The van der Waals surface area contributed by atoms with Crippen LogP contribution >= 0.6 is 11.6 Å². The molecule has 22 heavy (non-hydrogen) atoms. The molecule has 0 spiro atoms. The Labute approximate surface area is 135 Å². The molecule has 3 rings (SSSR count). The third kappa shape index (κ3) is 2.89. The lowest BCUT2D eigenvalue weighted by Gasteiger charge is -2.36. The molecule has 2 aliphatic rings. The molecule has 0 saturated carbocycles. The average Bonchev–Trinajstić information content (AvgIpc) is 2.83. The summed E-state index contributed by atoms with van der Waals surface area (Å²) in [6, 6.07) is 6.52. The smallest absolute Gasteiger partial charge is 0.251 e. The van der Waals surface area contributed by atoms with Crippen LogP contribution in [-0.4, -0.2) is 60.4 Å². The monoisotopic (exact) mass is 321 g/mol. The van der Waals surface area contributed by atoms with E-state index in [0.717, 1.165) is 32.7 Å². The van der Waals surface area contributed by atoms with Crippen molar-refractivity contribution in [3.05, 3.63) is 29.3 Å². The first kappa shape index (κ1) is 15.5. The second-order valence-electron chi connectivity index (χ2n) is 5.73. The van der Waals surface area contributed by atoms with E-state index in [1.807, 2.05) is 0 Å². The summed E-state index contributed by atoms with van der Waals surface area (Å²) in [6.45, 7) is 6.76. The van der Waals surface area contributed by atoms with Gasteiger partial charge in [-0.15, -0.1) is 0 Å². The second kappa shape index (κ2) is 6.36. The van der Waals surface area contributed by atoms with E-state index in [4.69, 9.17) is 11.6 Å². The van der Waals surface area contributed by atoms with E-state index in [2.05, 4.69) is 16.7 Å². The molecule has 1 aromatic carbocycles. The van der Waals surface area contributed by atoms with Crippen LogP contribution < -0.4 is 4.90 Å². The van der Waals surface area contributed by atoms with Gasteiger partial charge in [-0.25, -0.2) is 4.90 Å². The fourth-order valence-corrected chi connectivity index (χ4v) is 3.28. The van der Waals surface area contributed by atoms with Crippen molar-refractivity contribution in [2.24, 2.45) is 0 Å². The van der Waals surface area contributed by atoms with Crippen molar-refractivity contribution in [3.63, 3.8) is 0 Å². The molecule has 2 aliphatic heterocycles. The van der Waals surface area contributed by atoms with E-state index in [-0.39, 0.29) is 24.3 Å². The van der Waals surface area contributed by atoms with Gasteiger partial charge in [0, 0.05) is 31.2 Å². The summed E-state index contributed by atoms with van der Waals surface area (Å²) >= 11 is 5.87. The molecule has 0 unspecified atom stereocenters. The molecule has 0 radical (unpaired) electrons. The topological polar surface area (TPSA) is 43.9 Å². The van der Waals surface area contributed by atoms with Crippen molar-refractivity contribution in [2.45, 2.75) is 19.4 Å². The zero-order chi connectivity index (χ0) is 15.7. The Morgan fingerprint density at radius 2 is 1.73 bits per heavy atom. The summed E-state index contributed by atoms with van der Waals surface area (Å²) < 4.78 is 0. The van der Waals surface area contributed by atoms with Gasteiger partial charge in [0.05, 0.1) is 18.2 Å². The number of benzene rings is 1. The van der Waals surface area contributed by atoms with Crippen molar-refractivity contribution >= 4 is 29.1 Å². The van der Waals surface area contributed by atoms with Crippen molar-refractivity contribution in [1.29, 1.82) is 0 Å². The normalized spacial score (nSPS) is 24.3. The van der Waals surface area contributed by atoms with E-state index >= 15 is 0 Å². The highest BCUT2D eigenvalue weighted by Crippen LogP contribution is 2.27. The number of hydrogen-bond donors (Lipinski definition) is 0. The number of carbonyl (C=O) groups excluding carboxylic acids is 2. The largest absolute Gasteiger partial charge is 0.301 e. The lowest BCUT2D eigenvalue weighted by molar-refractivity contribution is -0.123. The van der Waals surface area contributed by atoms with E-state index in [9.17, 15) is 9.59 Å². The molecule has 2 heterocycles. The van der Waals surface area contributed by atoms with Crippen molar-refractivity contribution in [1.82, 2.24) is 9.80 Å². The first-order chi connectivity index (χ1) is 10.6.